The second kappa shape index (κ2) is 47.4. The van der Waals surface area contributed by atoms with Crippen LogP contribution in [0.25, 0.3) is 0 Å². The molecular weight excluding hydrogens is 1090 g/mol. The van der Waals surface area contributed by atoms with Gasteiger partial charge in [-0.05, 0) is 44.5 Å². The molecule has 0 aliphatic heterocycles. The summed E-state index contributed by atoms with van der Waals surface area (Å²) < 4.78 is 53.7. The number of ether oxygens (including phenoxy) is 9. The van der Waals surface area contributed by atoms with Crippen LogP contribution in [0.15, 0.2) is 97.1 Å². The van der Waals surface area contributed by atoms with Gasteiger partial charge in [0.25, 0.3) is 0 Å². The first kappa shape index (κ1) is 71.7. The molecule has 6 atom stereocenters. The van der Waals surface area contributed by atoms with Crippen LogP contribution in [0.2, 0.25) is 0 Å². The van der Waals surface area contributed by atoms with Gasteiger partial charge >= 0.3 is 0 Å². The predicted molar refractivity (Wildman–Crippen MR) is 259 cm³/mol. The largest absolute Gasteiger partial charge is 0.392 e. The van der Waals surface area contributed by atoms with Crippen LogP contribution in [0.1, 0.15) is 44.5 Å². The number of aliphatic hydroxyl groups excluding tert-OH is 2. The van der Waals surface area contributed by atoms with E-state index in [2.05, 4.69) is 0 Å². The minimum absolute atomic E-state index is 0. The molecule has 0 aliphatic rings. The van der Waals surface area contributed by atoms with Gasteiger partial charge in [0.05, 0.1) is 119 Å². The summed E-state index contributed by atoms with van der Waals surface area (Å²) in [6.07, 6.45) is 0.568. The van der Waals surface area contributed by atoms with Crippen molar-refractivity contribution in [2.24, 2.45) is 0 Å². The predicted octanol–water partition coefficient (Wildman–Crippen LogP) is 5.94. The van der Waals surface area contributed by atoms with Crippen molar-refractivity contribution >= 4 is 37.4 Å². The Labute approximate surface area is 455 Å². The molecule has 4 rings (SSSR count). The molecule has 21 heteroatoms. The molecule has 13 nitrogen and oxygen atoms in total. The normalized spacial score (nSPS) is 11.8. The maximum Gasteiger partial charge on any atom is 0.104 e. The molecule has 0 saturated heterocycles. The van der Waals surface area contributed by atoms with Gasteiger partial charge in [-0.3, -0.25) is 0 Å². The summed E-state index contributed by atoms with van der Waals surface area (Å²) in [4.78, 5) is 18.4. The van der Waals surface area contributed by atoms with E-state index in [1.54, 1.807) is 0 Å². The Hall–Kier alpha value is 0.418. The van der Waals surface area contributed by atoms with Crippen LogP contribution in [0.5, 0.6) is 0 Å². The van der Waals surface area contributed by atoms with Gasteiger partial charge in [-0.2, -0.15) is 19.8 Å². The third-order valence-corrected chi connectivity index (χ3v) is 10.4. The first-order valence-electron chi connectivity index (χ1n) is 20.6. The van der Waals surface area contributed by atoms with Gasteiger partial charge in [-0.25, -0.2) is 0 Å². The van der Waals surface area contributed by atoms with Gasteiger partial charge in [-0.15, -0.1) is 0 Å². The van der Waals surface area contributed by atoms with Gasteiger partial charge in [0.1, 0.15) is 12.2 Å². The third-order valence-electron chi connectivity index (χ3n) is 9.22. The van der Waals surface area contributed by atoms with Crippen molar-refractivity contribution in [3.8, 4) is 0 Å². The molecule has 372 valence electrons. The van der Waals surface area contributed by atoms with Crippen molar-refractivity contribution < 1.29 is 137 Å². The first-order chi connectivity index (χ1) is 30.1. The Morgan fingerprint density at radius 3 is 0.851 bits per heavy atom. The molecule has 0 spiro atoms. The summed E-state index contributed by atoms with van der Waals surface area (Å²) in [6, 6.07) is 31.3. The SMILES string of the molecule is OCc1ccc(COCCOCC(COCC(COCCOCc2ccc(CPO)cc2)OCCOCc2ccc(CPO)cc2)OCCOCc2ccc(CO)cc2)cc1.P.P.[V].[V].[V].[V]. The second-order valence-corrected chi connectivity index (χ2v) is 15.5. The van der Waals surface area contributed by atoms with Crippen LogP contribution in [0.3, 0.4) is 0 Å². The van der Waals surface area contributed by atoms with Gasteiger partial charge < -0.3 is 62.6 Å². The van der Waals surface area contributed by atoms with E-state index >= 15 is 0 Å². The van der Waals surface area contributed by atoms with E-state index in [9.17, 15) is 20.0 Å². The summed E-state index contributed by atoms with van der Waals surface area (Å²) in [5.41, 5.74) is 8.02. The molecule has 0 fully saturated rings. The molecule has 0 aromatic heterocycles. The number of benzene rings is 4. The Kier molecular flexibility index (Phi) is 50.7. The van der Waals surface area contributed by atoms with E-state index in [4.69, 9.17) is 42.6 Å². The Morgan fingerprint density at radius 1 is 0.328 bits per heavy atom. The zero-order valence-corrected chi connectivity index (χ0v) is 48.6. The molecule has 67 heavy (non-hydrogen) atoms. The average Bonchev–Trinajstić information content (AvgIpc) is 3.29. The number of hydrogen-bond donors (Lipinski definition) is 4. The average molecular weight is 1160 g/mol. The topological polar surface area (TPSA) is 164 Å². The van der Waals surface area contributed by atoms with Crippen LogP contribution >= 0.6 is 37.4 Å². The summed E-state index contributed by atoms with van der Waals surface area (Å²) in [7, 11) is -0.206. The van der Waals surface area contributed by atoms with Crippen molar-refractivity contribution in [3.05, 3.63) is 142 Å². The summed E-state index contributed by atoms with van der Waals surface area (Å²) >= 11 is 0. The van der Waals surface area contributed by atoms with Crippen LogP contribution in [-0.4, -0.2) is 111 Å². The fourth-order valence-corrected chi connectivity index (χ4v) is 6.60. The molecule has 6 unspecified atom stereocenters. The Bertz CT molecular complexity index is 1680. The fraction of sp³-hybridized carbons (Fsp3) is 0.478. The van der Waals surface area contributed by atoms with E-state index in [0.29, 0.717) is 98.2 Å². The standard InChI is InChI=1S/C46H64O13P2.2H3P.4V/c47-25-37-1-5-39(6-2-37)27-51-17-19-55-31-45(58-23-21-53-29-40-7-3-38(26-48)4-8-40)33-57-34-46(59-24-22-54-30-42-11-15-44(16-12-42)36-61-50)32-56-20-18-52-28-41-9-13-43(14-10-41)35-60-49;;;;;;/h1-16,45-50,60-61H,17-36H2;2*1H3;;;;. The van der Waals surface area contributed by atoms with Gasteiger partial charge in [0, 0.05) is 104 Å². The maximum absolute atomic E-state index is 9.30. The van der Waals surface area contributed by atoms with Crippen LogP contribution < -0.4 is 0 Å². The molecule has 4 N–H and O–H groups in total. The van der Waals surface area contributed by atoms with Crippen molar-refractivity contribution in [2.45, 2.75) is 64.2 Å². The van der Waals surface area contributed by atoms with Crippen LogP contribution in [-0.2, 0) is 169 Å². The number of rotatable bonds is 36. The smallest absolute Gasteiger partial charge is 0.104 e. The molecule has 0 saturated carbocycles. The molecule has 4 aromatic carbocycles. The van der Waals surface area contributed by atoms with Crippen molar-refractivity contribution in [1.29, 1.82) is 0 Å². The van der Waals surface area contributed by atoms with Crippen molar-refractivity contribution in [3.63, 3.8) is 0 Å². The molecule has 0 heterocycles. The van der Waals surface area contributed by atoms with Gasteiger partial charge in [0.2, 0.25) is 0 Å². The number of hydrogen-bond acceptors (Lipinski definition) is 13. The first-order valence-corrected chi connectivity index (χ1v) is 22.9. The quantitative estimate of drug-likeness (QED) is 0.0313. The number of aliphatic hydroxyl groups is 2. The van der Waals surface area contributed by atoms with E-state index in [0.717, 1.165) is 44.5 Å². The van der Waals surface area contributed by atoms with E-state index in [-0.39, 0.29) is 157 Å². The maximum atomic E-state index is 9.30. The summed E-state index contributed by atoms with van der Waals surface area (Å²) in [5, 5.41) is 18.6. The summed E-state index contributed by atoms with van der Waals surface area (Å²) in [5.74, 6) is 0. The van der Waals surface area contributed by atoms with Crippen molar-refractivity contribution in [2.75, 3.05) is 79.3 Å². The Balaban J connectivity index is -0.00000683. The van der Waals surface area contributed by atoms with Gasteiger partial charge in [-0.1, -0.05) is 97.1 Å². The molecule has 0 amide bonds. The van der Waals surface area contributed by atoms with Crippen LogP contribution in [0, 0.1) is 0 Å². The molecule has 0 aliphatic carbocycles. The Morgan fingerprint density at radius 2 is 0.567 bits per heavy atom. The van der Waals surface area contributed by atoms with E-state index in [1.807, 2.05) is 97.1 Å². The molecule has 4 radical (unpaired) electrons. The monoisotopic (exact) mass is 1160 g/mol. The zero-order valence-electron chi connectivity index (χ0n) is 38.2. The molecule has 4 aromatic rings. The van der Waals surface area contributed by atoms with E-state index in [1.165, 1.54) is 0 Å². The second-order valence-electron chi connectivity index (χ2n) is 14.1. The van der Waals surface area contributed by atoms with E-state index < -0.39 is 0 Å². The molecular formula is C46H70O13P4V4. The van der Waals surface area contributed by atoms with Crippen LogP contribution in [0.4, 0.5) is 0 Å². The van der Waals surface area contributed by atoms with Crippen molar-refractivity contribution in [1.82, 2.24) is 0 Å². The third kappa shape index (κ3) is 33.7. The van der Waals surface area contributed by atoms with Gasteiger partial charge in [0.15, 0.2) is 0 Å². The fourth-order valence-electron chi connectivity index (χ4n) is 5.76. The minimum Gasteiger partial charge on any atom is -0.392 e. The summed E-state index contributed by atoms with van der Waals surface area (Å²) in [6.45, 7) is 5.91. The molecule has 0 bridgehead atoms. The zero-order chi connectivity index (χ0) is 43.0. The minimum atomic E-state index is -0.376.